The molecular weight excluding hydrogens is 482 g/mol. The number of hydrogen-bond donors (Lipinski definition) is 2. The molecule has 2 amide bonds. The summed E-state index contributed by atoms with van der Waals surface area (Å²) in [4.78, 5) is 25.8. The lowest BCUT2D eigenvalue weighted by molar-refractivity contribution is -0.00404. The van der Waals surface area contributed by atoms with Crippen LogP contribution in [-0.2, 0) is 14.2 Å². The van der Waals surface area contributed by atoms with E-state index in [9.17, 15) is 9.59 Å². The molecule has 0 aromatic rings. The molecule has 0 aromatic heterocycles. The lowest BCUT2D eigenvalue weighted by Crippen LogP contribution is -2.34. The van der Waals surface area contributed by atoms with Crippen LogP contribution < -0.4 is 10.6 Å². The second-order valence-electron chi connectivity index (χ2n) is 10.3. The fraction of sp³-hybridized carbons (Fsp3) is 0.800. The number of carbonyl (C=O) groups is 2. The van der Waals surface area contributed by atoms with E-state index in [1.165, 1.54) is 97.0 Å². The molecule has 0 aliphatic carbocycles. The van der Waals surface area contributed by atoms with E-state index in [1.54, 1.807) is 0 Å². The minimum absolute atomic E-state index is 0.0123. The molecule has 8 heteroatoms. The van der Waals surface area contributed by atoms with Crippen LogP contribution in [0.3, 0.4) is 0 Å². The average Bonchev–Trinajstić information content (AvgIpc) is 2.90. The molecule has 0 bridgehead atoms. The summed E-state index contributed by atoms with van der Waals surface area (Å²) in [7, 11) is 3.41. The van der Waals surface area contributed by atoms with Crippen LogP contribution in [-0.4, -0.2) is 63.7 Å². The maximum absolute atomic E-state index is 12.0. The number of carbonyl (C=O) groups excluding carboxylic acids is 2. The zero-order valence-corrected chi connectivity index (χ0v) is 24.4. The van der Waals surface area contributed by atoms with Gasteiger partial charge in [-0.3, -0.25) is 5.32 Å². The predicted octanol–water partition coefficient (Wildman–Crippen LogP) is 7.06. The summed E-state index contributed by atoms with van der Waals surface area (Å²) < 4.78 is 15.6. The summed E-state index contributed by atoms with van der Waals surface area (Å²) in [5, 5.41) is 5.44. The van der Waals surface area contributed by atoms with Crippen molar-refractivity contribution in [3.63, 3.8) is 0 Å². The highest BCUT2D eigenvalue weighted by Crippen LogP contribution is 2.13. The number of nitrogens with zero attached hydrogens (tertiary/aromatic N) is 1. The van der Waals surface area contributed by atoms with Crippen molar-refractivity contribution in [1.82, 2.24) is 15.5 Å². The summed E-state index contributed by atoms with van der Waals surface area (Å²) in [6.45, 7) is 3.67. The van der Waals surface area contributed by atoms with Gasteiger partial charge in [0.15, 0.2) is 0 Å². The first-order valence-electron chi connectivity index (χ1n) is 15.0. The van der Waals surface area contributed by atoms with Crippen LogP contribution in [0.5, 0.6) is 0 Å². The third-order valence-corrected chi connectivity index (χ3v) is 6.73. The first-order chi connectivity index (χ1) is 18.5. The minimum atomic E-state index is -0.578. The molecule has 1 rings (SSSR count). The topological polar surface area (TPSA) is 89.1 Å². The van der Waals surface area contributed by atoms with Crippen LogP contribution in [0, 0.1) is 0 Å². The molecule has 8 nitrogen and oxygen atoms in total. The van der Waals surface area contributed by atoms with E-state index in [0.717, 1.165) is 19.4 Å². The van der Waals surface area contributed by atoms with Crippen LogP contribution >= 0.6 is 0 Å². The van der Waals surface area contributed by atoms with Crippen molar-refractivity contribution in [2.75, 3.05) is 40.5 Å². The predicted molar refractivity (Wildman–Crippen MR) is 154 cm³/mol. The van der Waals surface area contributed by atoms with Gasteiger partial charge >= 0.3 is 12.2 Å². The molecular formula is C30H55N3O5. The van der Waals surface area contributed by atoms with Crippen molar-refractivity contribution in [2.24, 2.45) is 0 Å². The number of methoxy groups -OCH3 is 1. The Labute approximate surface area is 231 Å². The maximum atomic E-state index is 12.0. The van der Waals surface area contributed by atoms with Gasteiger partial charge in [-0.2, -0.15) is 0 Å². The van der Waals surface area contributed by atoms with Gasteiger partial charge < -0.3 is 24.4 Å². The molecule has 220 valence electrons. The van der Waals surface area contributed by atoms with Gasteiger partial charge in [-0.25, -0.2) is 9.59 Å². The van der Waals surface area contributed by atoms with E-state index >= 15 is 0 Å². The number of allylic oxidation sites excluding steroid dienone is 1. The zero-order chi connectivity index (χ0) is 27.7. The Morgan fingerprint density at radius 2 is 1.32 bits per heavy atom. The van der Waals surface area contributed by atoms with Crippen molar-refractivity contribution >= 4 is 12.2 Å². The maximum Gasteiger partial charge on any atom is 0.411 e. The SMILES string of the molecule is CCCCCCCCCCCCCCCCCCNC(=O)OCC(COC(=O)NC1=CN(C)CC=C1)OC. The van der Waals surface area contributed by atoms with Gasteiger partial charge in [0, 0.05) is 33.4 Å². The van der Waals surface area contributed by atoms with Gasteiger partial charge in [-0.05, 0) is 12.5 Å². The molecule has 0 fully saturated rings. The standard InChI is InChI=1S/C30H55N3O5/c1-4-5-6-7-8-9-10-11-12-13-14-15-16-17-18-19-22-31-29(34)37-25-28(36-3)26-38-30(35)32-27-21-20-23-33(2)24-27/h20-21,24,28H,4-19,22-23,25-26H2,1-3H3,(H,31,34)(H,32,35). The van der Waals surface area contributed by atoms with Crippen molar-refractivity contribution in [3.8, 4) is 0 Å². The highest BCUT2D eigenvalue weighted by molar-refractivity contribution is 5.70. The molecule has 0 saturated carbocycles. The number of unbranched alkanes of at least 4 members (excludes halogenated alkanes) is 15. The quantitative estimate of drug-likeness (QED) is 0.136. The molecule has 1 aliphatic heterocycles. The molecule has 1 unspecified atom stereocenters. The van der Waals surface area contributed by atoms with E-state index in [4.69, 9.17) is 14.2 Å². The first-order valence-corrected chi connectivity index (χ1v) is 15.0. The number of hydrogen-bond acceptors (Lipinski definition) is 6. The monoisotopic (exact) mass is 537 g/mol. The average molecular weight is 538 g/mol. The highest BCUT2D eigenvalue weighted by atomic mass is 16.6. The van der Waals surface area contributed by atoms with E-state index < -0.39 is 18.3 Å². The van der Waals surface area contributed by atoms with Crippen molar-refractivity contribution in [3.05, 3.63) is 24.0 Å². The summed E-state index contributed by atoms with van der Waals surface area (Å²) >= 11 is 0. The van der Waals surface area contributed by atoms with Gasteiger partial charge in [-0.1, -0.05) is 109 Å². The second-order valence-corrected chi connectivity index (χ2v) is 10.3. The zero-order valence-electron chi connectivity index (χ0n) is 24.4. The van der Waals surface area contributed by atoms with Crippen molar-refractivity contribution < 1.29 is 23.8 Å². The fourth-order valence-electron chi connectivity index (χ4n) is 4.34. The Morgan fingerprint density at radius 1 is 0.816 bits per heavy atom. The van der Waals surface area contributed by atoms with Gasteiger partial charge in [0.2, 0.25) is 0 Å². The Hall–Kier alpha value is -2.22. The third kappa shape index (κ3) is 19.8. The highest BCUT2D eigenvalue weighted by Gasteiger charge is 2.15. The first kappa shape index (κ1) is 33.8. The molecule has 1 heterocycles. The Bertz CT molecular complexity index is 668. The molecule has 38 heavy (non-hydrogen) atoms. The smallest absolute Gasteiger partial charge is 0.411 e. The molecule has 0 saturated heterocycles. The van der Waals surface area contributed by atoms with E-state index in [0.29, 0.717) is 12.2 Å². The molecule has 0 spiro atoms. The van der Waals surface area contributed by atoms with Crippen LogP contribution in [0.15, 0.2) is 24.0 Å². The molecule has 0 radical (unpaired) electrons. The van der Waals surface area contributed by atoms with Gasteiger partial charge in [-0.15, -0.1) is 0 Å². The normalized spacial score (nSPS) is 13.7. The summed E-state index contributed by atoms with van der Waals surface area (Å²) in [5.41, 5.74) is 0.655. The molecule has 1 atom stereocenters. The number of nitrogens with one attached hydrogen (secondary N) is 2. The van der Waals surface area contributed by atoms with E-state index in [-0.39, 0.29) is 13.2 Å². The Morgan fingerprint density at radius 3 is 1.82 bits per heavy atom. The molecule has 1 aliphatic rings. The lowest BCUT2D eigenvalue weighted by atomic mass is 10.0. The van der Waals surface area contributed by atoms with Crippen molar-refractivity contribution in [1.29, 1.82) is 0 Å². The third-order valence-electron chi connectivity index (χ3n) is 6.73. The van der Waals surface area contributed by atoms with Crippen LogP contribution in [0.25, 0.3) is 0 Å². The summed E-state index contributed by atoms with van der Waals surface area (Å²) in [6, 6.07) is 0. The van der Waals surface area contributed by atoms with E-state index in [2.05, 4.69) is 17.6 Å². The Kier molecular flexibility index (Phi) is 21.2. The van der Waals surface area contributed by atoms with Gasteiger partial charge in [0.25, 0.3) is 0 Å². The summed E-state index contributed by atoms with van der Waals surface area (Å²) in [5.74, 6) is 0. The van der Waals surface area contributed by atoms with Crippen LogP contribution in [0.1, 0.15) is 110 Å². The van der Waals surface area contributed by atoms with E-state index in [1.807, 2.05) is 30.3 Å². The van der Waals surface area contributed by atoms with Crippen LogP contribution in [0.2, 0.25) is 0 Å². The second kappa shape index (κ2) is 23.9. The van der Waals surface area contributed by atoms with Gasteiger partial charge in [0.1, 0.15) is 19.3 Å². The minimum Gasteiger partial charge on any atom is -0.447 e. The Balaban J connectivity index is 1.90. The lowest BCUT2D eigenvalue weighted by Gasteiger charge is -2.19. The largest absolute Gasteiger partial charge is 0.447 e. The van der Waals surface area contributed by atoms with Crippen LogP contribution in [0.4, 0.5) is 9.59 Å². The van der Waals surface area contributed by atoms with Crippen molar-refractivity contribution in [2.45, 2.75) is 116 Å². The molecule has 0 aromatic carbocycles. The summed E-state index contributed by atoms with van der Waals surface area (Å²) in [6.07, 6.45) is 25.2. The fourth-order valence-corrected chi connectivity index (χ4v) is 4.34. The number of alkyl carbamates (subject to hydrolysis) is 2. The number of likely N-dealkylation sites (N-methyl/N-ethyl adjacent to an activating group) is 1. The number of amides is 2. The number of rotatable bonds is 23. The molecule has 2 N–H and O–H groups in total. The number of ether oxygens (including phenoxy) is 3. The van der Waals surface area contributed by atoms with Gasteiger partial charge in [0.05, 0.1) is 5.70 Å².